The minimum absolute atomic E-state index is 0.0132. The van der Waals surface area contributed by atoms with Crippen LogP contribution in [0.4, 0.5) is 4.79 Å². The van der Waals surface area contributed by atoms with Crippen LogP contribution in [0.1, 0.15) is 17.0 Å². The average molecular weight is 430 g/mol. The van der Waals surface area contributed by atoms with Gasteiger partial charge in [0.2, 0.25) is 8.32 Å². The molecule has 3 rings (SSSR count). The van der Waals surface area contributed by atoms with Crippen LogP contribution in [-0.4, -0.2) is 45.8 Å². The summed E-state index contributed by atoms with van der Waals surface area (Å²) >= 11 is 5.37. The van der Waals surface area contributed by atoms with Gasteiger partial charge in [0, 0.05) is 13.0 Å². The number of alkyl carbamates (subject to hydrolysis) is 1. The number of fused-ring (bicyclic) bond motifs is 3. The van der Waals surface area contributed by atoms with Gasteiger partial charge in [-0.25, -0.2) is 4.79 Å². The maximum Gasteiger partial charge on any atom is 0.407 e. The molecule has 0 radical (unpaired) electrons. The third kappa shape index (κ3) is 5.23. The Bertz CT molecular complexity index is 851. The van der Waals surface area contributed by atoms with Gasteiger partial charge in [0.15, 0.2) is 5.05 Å². The number of carbonyl (C=O) groups is 1. The fourth-order valence-corrected chi connectivity index (χ4v) is 5.11. The molecular weight excluding hydrogens is 402 g/mol. The van der Waals surface area contributed by atoms with Gasteiger partial charge < -0.3 is 19.2 Å². The molecule has 0 bridgehead atoms. The van der Waals surface area contributed by atoms with Crippen molar-refractivity contribution in [1.82, 2.24) is 5.32 Å². The molecule has 0 fully saturated rings. The summed E-state index contributed by atoms with van der Waals surface area (Å²) in [7, 11) is -0.312. The zero-order chi connectivity index (χ0) is 21.0. The van der Waals surface area contributed by atoms with Crippen LogP contribution in [-0.2, 0) is 13.9 Å². The van der Waals surface area contributed by atoms with Crippen molar-refractivity contribution in [2.75, 3.05) is 20.3 Å². The quantitative estimate of drug-likeness (QED) is 0.510. The number of ether oxygens (including phenoxy) is 2. The summed E-state index contributed by atoms with van der Waals surface area (Å²) in [4.78, 5) is 12.5. The molecule has 0 aliphatic heterocycles. The summed E-state index contributed by atoms with van der Waals surface area (Å²) in [6.45, 7) is 6.60. The summed E-state index contributed by atoms with van der Waals surface area (Å²) in [5.41, 5.74) is 4.73. The molecule has 0 spiro atoms. The van der Waals surface area contributed by atoms with Crippen LogP contribution in [0.3, 0.4) is 0 Å². The van der Waals surface area contributed by atoms with E-state index in [0.29, 0.717) is 5.05 Å². The Kier molecular flexibility index (Phi) is 6.72. The predicted molar refractivity (Wildman–Crippen MR) is 121 cm³/mol. The van der Waals surface area contributed by atoms with E-state index in [1.54, 1.807) is 7.11 Å². The van der Waals surface area contributed by atoms with Gasteiger partial charge in [0.1, 0.15) is 12.6 Å². The van der Waals surface area contributed by atoms with Gasteiger partial charge >= 0.3 is 6.09 Å². The molecule has 2 aromatic rings. The van der Waals surface area contributed by atoms with Crippen molar-refractivity contribution >= 4 is 31.7 Å². The SMILES string of the molecule is COCC(NC(=O)OCC1c2ccccc2-c2ccccc21)C(=S)O[Si](C)(C)C. The van der Waals surface area contributed by atoms with Crippen LogP contribution >= 0.6 is 12.2 Å². The number of hydrogen-bond acceptors (Lipinski definition) is 5. The monoisotopic (exact) mass is 429 g/mol. The van der Waals surface area contributed by atoms with Crippen LogP contribution in [0.25, 0.3) is 11.1 Å². The first-order valence-corrected chi connectivity index (χ1v) is 13.4. The Labute approximate surface area is 178 Å². The summed E-state index contributed by atoms with van der Waals surface area (Å²) in [6, 6.07) is 15.9. The zero-order valence-electron chi connectivity index (χ0n) is 17.2. The molecule has 1 N–H and O–H groups in total. The Morgan fingerprint density at radius 2 is 1.62 bits per heavy atom. The number of amides is 1. The van der Waals surface area contributed by atoms with E-state index in [1.807, 2.05) is 43.9 Å². The van der Waals surface area contributed by atoms with Crippen molar-refractivity contribution < 1.29 is 18.7 Å². The van der Waals surface area contributed by atoms with E-state index in [4.69, 9.17) is 26.1 Å². The molecule has 0 saturated carbocycles. The zero-order valence-corrected chi connectivity index (χ0v) is 19.0. The smallest absolute Gasteiger partial charge is 0.407 e. The van der Waals surface area contributed by atoms with Crippen LogP contribution in [0, 0.1) is 0 Å². The third-order valence-corrected chi connectivity index (χ3v) is 6.01. The Morgan fingerprint density at radius 1 is 1.07 bits per heavy atom. The number of rotatable bonds is 7. The van der Waals surface area contributed by atoms with E-state index >= 15 is 0 Å². The van der Waals surface area contributed by atoms with Gasteiger partial charge in [-0.2, -0.15) is 0 Å². The lowest BCUT2D eigenvalue weighted by atomic mass is 9.98. The standard InChI is InChI=1S/C22H27NO4SSi/c1-25-14-20(21(28)27-29(2,3)4)23-22(24)26-13-19-17-11-7-5-9-15(17)16-10-6-8-12-18(16)19/h5-12,19-20H,13-14H2,1-4H3,(H,23,24). The van der Waals surface area contributed by atoms with Gasteiger partial charge in [-0.1, -0.05) is 48.5 Å². The first-order valence-electron chi connectivity index (χ1n) is 9.63. The van der Waals surface area contributed by atoms with Crippen molar-refractivity contribution in [3.63, 3.8) is 0 Å². The molecule has 1 unspecified atom stereocenters. The minimum Gasteiger partial charge on any atom is -0.538 e. The van der Waals surface area contributed by atoms with E-state index in [9.17, 15) is 4.79 Å². The second kappa shape index (κ2) is 9.07. The number of methoxy groups -OCH3 is 1. The minimum atomic E-state index is -1.87. The van der Waals surface area contributed by atoms with Crippen LogP contribution in [0.5, 0.6) is 0 Å². The van der Waals surface area contributed by atoms with Crippen LogP contribution in [0.2, 0.25) is 19.6 Å². The van der Waals surface area contributed by atoms with Crippen molar-refractivity contribution in [3.8, 4) is 11.1 Å². The highest BCUT2D eigenvalue weighted by atomic mass is 32.1. The van der Waals surface area contributed by atoms with E-state index in [-0.39, 0.29) is 19.1 Å². The molecule has 0 heterocycles. The van der Waals surface area contributed by atoms with E-state index in [2.05, 4.69) is 29.6 Å². The molecule has 7 heteroatoms. The number of benzene rings is 2. The number of carbonyl (C=O) groups excluding carboxylic acids is 1. The molecule has 1 aliphatic carbocycles. The molecule has 1 aliphatic rings. The Balaban J connectivity index is 1.66. The second-order valence-electron chi connectivity index (χ2n) is 8.01. The summed E-state index contributed by atoms with van der Waals surface area (Å²) < 4.78 is 16.6. The highest BCUT2D eigenvalue weighted by molar-refractivity contribution is 7.80. The van der Waals surface area contributed by atoms with Gasteiger partial charge in [-0.05, 0) is 54.1 Å². The molecule has 5 nitrogen and oxygen atoms in total. The summed E-state index contributed by atoms with van der Waals surface area (Å²) in [6.07, 6.45) is -0.532. The number of thiocarbonyl (C=S) groups is 1. The third-order valence-electron chi connectivity index (χ3n) is 4.66. The van der Waals surface area contributed by atoms with E-state index in [1.165, 1.54) is 22.3 Å². The Hall–Kier alpha value is -2.22. The van der Waals surface area contributed by atoms with Crippen molar-refractivity contribution in [2.45, 2.75) is 31.6 Å². The van der Waals surface area contributed by atoms with Gasteiger partial charge in [0.05, 0.1) is 6.61 Å². The van der Waals surface area contributed by atoms with Crippen molar-refractivity contribution in [1.29, 1.82) is 0 Å². The first kappa shape index (κ1) is 21.5. The molecule has 1 atom stereocenters. The molecular formula is C22H27NO4SSi. The average Bonchev–Trinajstić information content (AvgIpc) is 2.99. The fourth-order valence-electron chi connectivity index (χ4n) is 3.49. The van der Waals surface area contributed by atoms with Crippen LogP contribution in [0.15, 0.2) is 48.5 Å². The highest BCUT2D eigenvalue weighted by Crippen LogP contribution is 2.44. The molecule has 1 amide bonds. The lowest BCUT2D eigenvalue weighted by Crippen LogP contribution is -2.47. The summed E-state index contributed by atoms with van der Waals surface area (Å²) in [5.74, 6) is 0.0132. The first-order chi connectivity index (χ1) is 13.8. The predicted octanol–water partition coefficient (Wildman–Crippen LogP) is 4.72. The van der Waals surface area contributed by atoms with Gasteiger partial charge in [-0.15, -0.1) is 0 Å². The van der Waals surface area contributed by atoms with Crippen LogP contribution < -0.4 is 5.32 Å². The Morgan fingerprint density at radius 3 is 2.14 bits per heavy atom. The fraction of sp³-hybridized carbons (Fsp3) is 0.364. The second-order valence-corrected chi connectivity index (χ2v) is 12.8. The maximum atomic E-state index is 12.5. The van der Waals surface area contributed by atoms with E-state index in [0.717, 1.165) is 0 Å². The lowest BCUT2D eigenvalue weighted by molar-refractivity contribution is 0.130. The molecule has 2 aromatic carbocycles. The summed E-state index contributed by atoms with van der Waals surface area (Å²) in [5, 5.41) is 3.11. The topological polar surface area (TPSA) is 56.8 Å². The molecule has 0 saturated heterocycles. The number of nitrogens with one attached hydrogen (secondary N) is 1. The normalized spacial score (nSPS) is 13.9. The maximum absolute atomic E-state index is 12.5. The molecule has 29 heavy (non-hydrogen) atoms. The molecule has 154 valence electrons. The highest BCUT2D eigenvalue weighted by Gasteiger charge is 2.30. The molecule has 0 aromatic heterocycles. The van der Waals surface area contributed by atoms with E-state index < -0.39 is 20.5 Å². The van der Waals surface area contributed by atoms with Gasteiger partial charge in [0.25, 0.3) is 0 Å². The van der Waals surface area contributed by atoms with Gasteiger partial charge in [-0.3, -0.25) is 0 Å². The number of hydrogen-bond donors (Lipinski definition) is 1. The van der Waals surface area contributed by atoms with Crippen molar-refractivity contribution in [2.24, 2.45) is 0 Å². The largest absolute Gasteiger partial charge is 0.538 e. The lowest BCUT2D eigenvalue weighted by Gasteiger charge is -2.25. The van der Waals surface area contributed by atoms with Crippen molar-refractivity contribution in [3.05, 3.63) is 59.7 Å².